The summed E-state index contributed by atoms with van der Waals surface area (Å²) >= 11 is 0. The molecule has 2 heterocycles. The van der Waals surface area contributed by atoms with Crippen molar-refractivity contribution in [3.63, 3.8) is 0 Å². The Balaban J connectivity index is 1.72. The summed E-state index contributed by atoms with van der Waals surface area (Å²) in [7, 11) is 3.50. The maximum atomic E-state index is 11.9. The lowest BCUT2D eigenvalue weighted by Gasteiger charge is -2.26. The quantitative estimate of drug-likeness (QED) is 0.626. The molecule has 0 aromatic carbocycles. The molecule has 1 amide bonds. The van der Waals surface area contributed by atoms with Crippen LogP contribution in [0.1, 0.15) is 56.2 Å². The van der Waals surface area contributed by atoms with Crippen LogP contribution in [0.15, 0.2) is 4.99 Å². The van der Waals surface area contributed by atoms with Crippen LogP contribution in [0.4, 0.5) is 0 Å². The van der Waals surface area contributed by atoms with Crippen LogP contribution in [0.3, 0.4) is 0 Å². The normalized spacial score (nSPS) is 21.1. The van der Waals surface area contributed by atoms with Gasteiger partial charge in [0, 0.05) is 26.7 Å². The Kier molecular flexibility index (Phi) is 5.55. The van der Waals surface area contributed by atoms with Gasteiger partial charge in [-0.1, -0.05) is 12.8 Å². The Labute approximate surface area is 149 Å². The fourth-order valence-electron chi connectivity index (χ4n) is 3.45. The summed E-state index contributed by atoms with van der Waals surface area (Å²) in [5, 5.41) is 11.5. The first-order valence-electron chi connectivity index (χ1n) is 9.22. The fourth-order valence-corrected chi connectivity index (χ4v) is 3.45. The molecule has 2 aliphatic rings. The molecule has 3 rings (SSSR count). The average Bonchev–Trinajstić information content (AvgIpc) is 3.21. The van der Waals surface area contributed by atoms with Crippen LogP contribution >= 0.6 is 0 Å². The Morgan fingerprint density at radius 3 is 2.72 bits per heavy atom. The molecule has 8 nitrogen and oxygen atoms in total. The topological polar surface area (TPSA) is 87.4 Å². The van der Waals surface area contributed by atoms with Crippen molar-refractivity contribution < 1.29 is 4.79 Å². The number of aromatic nitrogens is 3. The number of carbonyl (C=O) groups is 1. The molecule has 2 N–H and O–H groups in total. The third kappa shape index (κ3) is 4.49. The average molecular weight is 347 g/mol. The highest BCUT2D eigenvalue weighted by atomic mass is 16.2. The van der Waals surface area contributed by atoms with E-state index in [2.05, 4.69) is 25.7 Å². The van der Waals surface area contributed by atoms with Crippen molar-refractivity contribution in [1.29, 1.82) is 0 Å². The highest BCUT2D eigenvalue weighted by Gasteiger charge is 2.25. The fraction of sp³-hybridized carbons (Fsp3) is 0.765. The number of hydrogen-bond acceptors (Lipinski definition) is 4. The van der Waals surface area contributed by atoms with Crippen molar-refractivity contribution in [3.05, 3.63) is 11.6 Å². The summed E-state index contributed by atoms with van der Waals surface area (Å²) in [6, 6.07) is 0.515. The molecule has 0 radical (unpaired) electrons. The second-order valence-electron chi connectivity index (χ2n) is 7.16. The van der Waals surface area contributed by atoms with E-state index in [0.29, 0.717) is 12.0 Å². The van der Waals surface area contributed by atoms with Crippen LogP contribution in [-0.2, 0) is 11.3 Å². The minimum absolute atomic E-state index is 0.00447. The van der Waals surface area contributed by atoms with Gasteiger partial charge in [0.1, 0.15) is 18.2 Å². The number of fused-ring (bicyclic) bond motifs is 1. The summed E-state index contributed by atoms with van der Waals surface area (Å²) in [5.74, 6) is 2.47. The smallest absolute Gasteiger partial charge is 0.243 e. The van der Waals surface area contributed by atoms with Crippen molar-refractivity contribution >= 4 is 11.9 Å². The largest absolute Gasteiger partial charge is 0.354 e. The number of hydrogen-bond donors (Lipinski definition) is 2. The number of aryl methyl sites for hydroxylation is 2. The molecule has 1 atom stereocenters. The third-order valence-electron chi connectivity index (χ3n) is 4.86. The number of guanidine groups is 1. The molecule has 1 fully saturated rings. The molecule has 0 spiro atoms. The Bertz CT molecular complexity index is 631. The number of aliphatic imine (C=N–C) groups is 1. The summed E-state index contributed by atoms with van der Waals surface area (Å²) in [5.41, 5.74) is 0. The molecular formula is C17H29N7O. The van der Waals surface area contributed by atoms with Gasteiger partial charge in [-0.05, 0) is 32.6 Å². The minimum Gasteiger partial charge on any atom is -0.354 e. The van der Waals surface area contributed by atoms with Gasteiger partial charge in [-0.3, -0.25) is 4.79 Å². The van der Waals surface area contributed by atoms with Gasteiger partial charge < -0.3 is 15.5 Å². The molecule has 1 aromatic rings. The maximum absolute atomic E-state index is 11.9. The van der Waals surface area contributed by atoms with Crippen LogP contribution in [0.2, 0.25) is 0 Å². The van der Waals surface area contributed by atoms with E-state index < -0.39 is 0 Å². The maximum Gasteiger partial charge on any atom is 0.243 e. The predicted molar refractivity (Wildman–Crippen MR) is 96.3 cm³/mol. The van der Waals surface area contributed by atoms with E-state index >= 15 is 0 Å². The molecule has 1 saturated carbocycles. The molecule has 138 valence electrons. The molecule has 1 aromatic heterocycles. The first-order chi connectivity index (χ1) is 12.0. The van der Waals surface area contributed by atoms with E-state index in [1.165, 1.54) is 12.8 Å². The van der Waals surface area contributed by atoms with Crippen LogP contribution in [0.25, 0.3) is 0 Å². The number of rotatable bonds is 4. The van der Waals surface area contributed by atoms with Crippen LogP contribution in [0.5, 0.6) is 0 Å². The molecule has 0 saturated heterocycles. The standard InChI is InChI=1S/C17H29N7O/c1-12-19-16-14(9-6-10-24(16)22-12)21-17(18-11-15(25)23(2)3)20-13-7-4-5-8-13/h13-14H,4-11H2,1-3H3,(H2,18,20,21)/t14-/m0/s1. The molecule has 1 aliphatic carbocycles. The summed E-state index contributed by atoms with van der Waals surface area (Å²) in [6.07, 6.45) is 6.85. The van der Waals surface area contributed by atoms with Gasteiger partial charge >= 0.3 is 0 Å². The van der Waals surface area contributed by atoms with E-state index in [-0.39, 0.29) is 18.5 Å². The van der Waals surface area contributed by atoms with Crippen molar-refractivity contribution in [2.45, 2.75) is 64.1 Å². The van der Waals surface area contributed by atoms with Crippen LogP contribution < -0.4 is 10.6 Å². The number of carbonyl (C=O) groups excluding carboxylic acids is 1. The molecule has 0 unspecified atom stereocenters. The van der Waals surface area contributed by atoms with E-state index in [1.54, 1.807) is 19.0 Å². The van der Waals surface area contributed by atoms with E-state index in [1.807, 2.05) is 11.6 Å². The molecular weight excluding hydrogens is 318 g/mol. The van der Waals surface area contributed by atoms with Gasteiger partial charge in [-0.15, -0.1) is 0 Å². The van der Waals surface area contributed by atoms with Gasteiger partial charge in [0.05, 0.1) is 6.04 Å². The molecule has 8 heteroatoms. The van der Waals surface area contributed by atoms with Crippen molar-refractivity contribution in [1.82, 2.24) is 30.3 Å². The summed E-state index contributed by atoms with van der Waals surface area (Å²) in [6.45, 7) is 2.98. The molecule has 0 bridgehead atoms. The van der Waals surface area contributed by atoms with Gasteiger partial charge in [-0.2, -0.15) is 5.10 Å². The lowest BCUT2D eigenvalue weighted by atomic mass is 10.1. The van der Waals surface area contributed by atoms with Gasteiger partial charge in [0.2, 0.25) is 5.91 Å². The highest BCUT2D eigenvalue weighted by Crippen LogP contribution is 2.23. The lowest BCUT2D eigenvalue weighted by molar-refractivity contribution is -0.127. The molecule has 1 aliphatic heterocycles. The zero-order valence-electron chi connectivity index (χ0n) is 15.5. The SMILES string of the molecule is Cc1nc2n(n1)CCC[C@@H]2NC(=NCC(=O)N(C)C)NC1CCCC1. The highest BCUT2D eigenvalue weighted by molar-refractivity contribution is 5.85. The Hall–Kier alpha value is -2.12. The van der Waals surface area contributed by atoms with E-state index in [9.17, 15) is 4.79 Å². The van der Waals surface area contributed by atoms with Crippen molar-refractivity contribution in [2.75, 3.05) is 20.6 Å². The minimum atomic E-state index is -0.00447. The number of nitrogens with one attached hydrogen (secondary N) is 2. The van der Waals surface area contributed by atoms with Crippen LogP contribution in [0, 0.1) is 6.92 Å². The third-order valence-corrected chi connectivity index (χ3v) is 4.86. The summed E-state index contributed by atoms with van der Waals surface area (Å²) < 4.78 is 1.98. The monoisotopic (exact) mass is 347 g/mol. The zero-order valence-corrected chi connectivity index (χ0v) is 15.5. The van der Waals surface area contributed by atoms with Crippen LogP contribution in [-0.4, -0.2) is 58.2 Å². The second-order valence-corrected chi connectivity index (χ2v) is 7.16. The van der Waals surface area contributed by atoms with Gasteiger partial charge in [0.25, 0.3) is 0 Å². The zero-order chi connectivity index (χ0) is 17.8. The van der Waals surface area contributed by atoms with Crippen molar-refractivity contribution in [2.24, 2.45) is 4.99 Å². The number of amides is 1. The molecule has 25 heavy (non-hydrogen) atoms. The lowest BCUT2D eigenvalue weighted by Crippen LogP contribution is -2.45. The predicted octanol–water partition coefficient (Wildman–Crippen LogP) is 0.987. The van der Waals surface area contributed by atoms with Crippen molar-refractivity contribution in [3.8, 4) is 0 Å². The number of nitrogens with zero attached hydrogens (tertiary/aromatic N) is 5. The summed E-state index contributed by atoms with van der Waals surface area (Å²) in [4.78, 5) is 22.6. The Morgan fingerprint density at radius 2 is 2.00 bits per heavy atom. The second kappa shape index (κ2) is 7.84. The van der Waals surface area contributed by atoms with E-state index in [4.69, 9.17) is 0 Å². The van der Waals surface area contributed by atoms with E-state index in [0.717, 1.165) is 43.9 Å². The Morgan fingerprint density at radius 1 is 1.24 bits per heavy atom. The number of likely N-dealkylation sites (N-methyl/N-ethyl adjacent to an activating group) is 1. The van der Waals surface area contributed by atoms with Gasteiger partial charge in [0.15, 0.2) is 5.96 Å². The van der Waals surface area contributed by atoms with Gasteiger partial charge in [-0.25, -0.2) is 14.7 Å². The first-order valence-corrected chi connectivity index (χ1v) is 9.22. The first kappa shape index (κ1) is 17.7.